The molecule has 0 amide bonds. The van der Waals surface area contributed by atoms with Crippen molar-refractivity contribution in [2.45, 2.75) is 6.92 Å². The number of para-hydroxylation sites is 1. The molecule has 0 heterocycles. The molecular formula is C15H16BrN3. The molecule has 0 aromatic heterocycles. The number of rotatable bonds is 3. The number of amidine groups is 1. The van der Waals surface area contributed by atoms with Crippen molar-refractivity contribution in [3.8, 4) is 0 Å². The van der Waals surface area contributed by atoms with Crippen LogP contribution in [0.25, 0.3) is 0 Å². The first-order valence-electron chi connectivity index (χ1n) is 5.94. The lowest BCUT2D eigenvalue weighted by Crippen LogP contribution is -2.19. The van der Waals surface area contributed by atoms with Gasteiger partial charge in [-0.3, -0.25) is 5.41 Å². The van der Waals surface area contributed by atoms with Gasteiger partial charge in [-0.05, 0) is 36.8 Å². The van der Waals surface area contributed by atoms with Crippen LogP contribution in [-0.4, -0.2) is 12.9 Å². The summed E-state index contributed by atoms with van der Waals surface area (Å²) in [5.41, 5.74) is 9.58. The Morgan fingerprint density at radius 1 is 1.16 bits per heavy atom. The average molecular weight is 318 g/mol. The summed E-state index contributed by atoms with van der Waals surface area (Å²) < 4.78 is 0.966. The molecule has 0 bridgehead atoms. The van der Waals surface area contributed by atoms with Gasteiger partial charge in [0.25, 0.3) is 0 Å². The molecule has 0 saturated carbocycles. The number of nitrogens with one attached hydrogen (secondary N) is 1. The summed E-state index contributed by atoms with van der Waals surface area (Å²) in [6.45, 7) is 2.07. The summed E-state index contributed by atoms with van der Waals surface area (Å²) in [5.74, 6) is 0.0722. The van der Waals surface area contributed by atoms with Gasteiger partial charge in [0.2, 0.25) is 0 Å². The standard InChI is InChI=1S/C15H16BrN3/c1-10-5-3-4-6-13(10)19(2)14-9-11(16)7-8-12(14)15(17)18/h3-9H,1-2H3,(H3,17,18). The van der Waals surface area contributed by atoms with Crippen molar-refractivity contribution in [2.24, 2.45) is 5.73 Å². The average Bonchev–Trinajstić information content (AvgIpc) is 2.38. The summed E-state index contributed by atoms with van der Waals surface area (Å²) >= 11 is 3.47. The second kappa shape index (κ2) is 5.45. The highest BCUT2D eigenvalue weighted by atomic mass is 79.9. The Labute approximate surface area is 121 Å². The summed E-state index contributed by atoms with van der Waals surface area (Å²) in [5, 5.41) is 7.69. The molecule has 0 saturated heterocycles. The van der Waals surface area contributed by atoms with E-state index < -0.39 is 0 Å². The first kappa shape index (κ1) is 13.6. The van der Waals surface area contributed by atoms with E-state index in [1.54, 1.807) is 0 Å². The highest BCUT2D eigenvalue weighted by molar-refractivity contribution is 9.10. The van der Waals surface area contributed by atoms with E-state index in [2.05, 4.69) is 39.9 Å². The summed E-state index contributed by atoms with van der Waals surface area (Å²) in [6, 6.07) is 13.9. The van der Waals surface area contributed by atoms with Crippen LogP contribution in [0, 0.1) is 12.3 Å². The lowest BCUT2D eigenvalue weighted by atomic mass is 10.1. The SMILES string of the molecule is Cc1ccccc1N(C)c1cc(Br)ccc1C(=N)N. The molecule has 3 nitrogen and oxygen atoms in total. The van der Waals surface area contributed by atoms with Crippen molar-refractivity contribution >= 4 is 33.1 Å². The molecule has 98 valence electrons. The van der Waals surface area contributed by atoms with Crippen LogP contribution in [-0.2, 0) is 0 Å². The summed E-state index contributed by atoms with van der Waals surface area (Å²) in [7, 11) is 1.98. The Kier molecular flexibility index (Phi) is 3.90. The van der Waals surface area contributed by atoms with Crippen LogP contribution in [0.15, 0.2) is 46.9 Å². The first-order valence-corrected chi connectivity index (χ1v) is 6.73. The van der Waals surface area contributed by atoms with Gasteiger partial charge in [-0.2, -0.15) is 0 Å². The maximum Gasteiger partial charge on any atom is 0.124 e. The fourth-order valence-corrected chi connectivity index (χ4v) is 2.43. The van der Waals surface area contributed by atoms with Crippen molar-refractivity contribution in [3.63, 3.8) is 0 Å². The number of anilines is 2. The van der Waals surface area contributed by atoms with Crippen LogP contribution in [0.3, 0.4) is 0 Å². The van der Waals surface area contributed by atoms with E-state index in [0.29, 0.717) is 0 Å². The molecule has 2 rings (SSSR count). The fourth-order valence-electron chi connectivity index (χ4n) is 2.08. The zero-order chi connectivity index (χ0) is 14.0. The predicted molar refractivity (Wildman–Crippen MR) is 84.4 cm³/mol. The molecule has 2 aromatic rings. The molecule has 0 aliphatic carbocycles. The van der Waals surface area contributed by atoms with Crippen molar-refractivity contribution in [3.05, 3.63) is 58.1 Å². The minimum atomic E-state index is 0.0722. The van der Waals surface area contributed by atoms with E-state index in [1.165, 1.54) is 5.56 Å². The van der Waals surface area contributed by atoms with Gasteiger partial charge in [0.1, 0.15) is 5.84 Å². The third-order valence-corrected chi connectivity index (χ3v) is 3.58. The molecule has 0 unspecified atom stereocenters. The second-order valence-electron chi connectivity index (χ2n) is 4.42. The fraction of sp³-hybridized carbons (Fsp3) is 0.133. The lowest BCUT2D eigenvalue weighted by Gasteiger charge is -2.24. The topological polar surface area (TPSA) is 53.1 Å². The summed E-state index contributed by atoms with van der Waals surface area (Å²) in [4.78, 5) is 2.05. The van der Waals surface area contributed by atoms with Gasteiger partial charge in [-0.1, -0.05) is 34.1 Å². The van der Waals surface area contributed by atoms with Gasteiger partial charge in [0, 0.05) is 22.8 Å². The summed E-state index contributed by atoms with van der Waals surface area (Å²) in [6.07, 6.45) is 0. The minimum absolute atomic E-state index is 0.0722. The first-order chi connectivity index (χ1) is 9.00. The van der Waals surface area contributed by atoms with E-state index >= 15 is 0 Å². The highest BCUT2D eigenvalue weighted by Gasteiger charge is 2.13. The van der Waals surface area contributed by atoms with Crippen molar-refractivity contribution < 1.29 is 0 Å². The Morgan fingerprint density at radius 3 is 2.47 bits per heavy atom. The number of benzene rings is 2. The molecule has 0 spiro atoms. The third kappa shape index (κ3) is 2.79. The minimum Gasteiger partial charge on any atom is -0.384 e. The van der Waals surface area contributed by atoms with Crippen LogP contribution >= 0.6 is 15.9 Å². The Balaban J connectivity index is 2.55. The highest BCUT2D eigenvalue weighted by Crippen LogP contribution is 2.31. The number of halogens is 1. The maximum absolute atomic E-state index is 7.69. The monoisotopic (exact) mass is 317 g/mol. The number of aryl methyl sites for hydroxylation is 1. The number of nitrogen functional groups attached to an aromatic ring is 1. The molecular weight excluding hydrogens is 302 g/mol. The Bertz CT molecular complexity index is 623. The third-order valence-electron chi connectivity index (χ3n) is 3.09. The molecule has 0 atom stereocenters. The Morgan fingerprint density at radius 2 is 1.84 bits per heavy atom. The second-order valence-corrected chi connectivity index (χ2v) is 5.34. The number of hydrogen-bond donors (Lipinski definition) is 2. The van der Waals surface area contributed by atoms with Crippen molar-refractivity contribution in [1.29, 1.82) is 5.41 Å². The van der Waals surface area contributed by atoms with E-state index in [4.69, 9.17) is 11.1 Å². The normalized spacial score (nSPS) is 10.3. The number of hydrogen-bond acceptors (Lipinski definition) is 2. The molecule has 0 aliphatic heterocycles. The molecule has 4 heteroatoms. The van der Waals surface area contributed by atoms with Crippen molar-refractivity contribution in [1.82, 2.24) is 0 Å². The number of nitrogens with zero attached hydrogens (tertiary/aromatic N) is 1. The number of nitrogens with two attached hydrogens (primary N) is 1. The van der Waals surface area contributed by atoms with Crippen LogP contribution < -0.4 is 10.6 Å². The molecule has 19 heavy (non-hydrogen) atoms. The lowest BCUT2D eigenvalue weighted by molar-refractivity contribution is 1.17. The zero-order valence-electron chi connectivity index (χ0n) is 10.9. The Hall–Kier alpha value is -1.81. The van der Waals surface area contributed by atoms with E-state index in [-0.39, 0.29) is 5.84 Å². The van der Waals surface area contributed by atoms with Crippen LogP contribution in [0.1, 0.15) is 11.1 Å². The van der Waals surface area contributed by atoms with Gasteiger partial charge in [0.05, 0.1) is 5.69 Å². The predicted octanol–water partition coefficient (Wildman–Crippen LogP) is 3.81. The van der Waals surface area contributed by atoms with E-state index in [1.807, 2.05) is 37.4 Å². The zero-order valence-corrected chi connectivity index (χ0v) is 12.5. The van der Waals surface area contributed by atoms with E-state index in [0.717, 1.165) is 21.4 Å². The van der Waals surface area contributed by atoms with Crippen molar-refractivity contribution in [2.75, 3.05) is 11.9 Å². The van der Waals surface area contributed by atoms with Gasteiger partial charge in [-0.25, -0.2) is 0 Å². The molecule has 0 aliphatic rings. The smallest absolute Gasteiger partial charge is 0.124 e. The van der Waals surface area contributed by atoms with Crippen LogP contribution in [0.5, 0.6) is 0 Å². The quantitative estimate of drug-likeness (QED) is 0.668. The molecule has 2 aromatic carbocycles. The molecule has 0 fully saturated rings. The molecule has 3 N–H and O–H groups in total. The largest absolute Gasteiger partial charge is 0.384 e. The van der Waals surface area contributed by atoms with Crippen LogP contribution in [0.2, 0.25) is 0 Å². The van der Waals surface area contributed by atoms with E-state index in [9.17, 15) is 0 Å². The molecule has 0 radical (unpaired) electrons. The van der Waals surface area contributed by atoms with Gasteiger partial charge >= 0.3 is 0 Å². The van der Waals surface area contributed by atoms with Gasteiger partial charge in [-0.15, -0.1) is 0 Å². The van der Waals surface area contributed by atoms with Gasteiger partial charge in [0.15, 0.2) is 0 Å². The maximum atomic E-state index is 7.69. The van der Waals surface area contributed by atoms with Crippen LogP contribution in [0.4, 0.5) is 11.4 Å². The van der Waals surface area contributed by atoms with Gasteiger partial charge < -0.3 is 10.6 Å².